The van der Waals surface area contributed by atoms with Gasteiger partial charge in [0.1, 0.15) is 0 Å². The van der Waals surface area contributed by atoms with Crippen LogP contribution in [0.4, 0.5) is 0 Å². The van der Waals surface area contributed by atoms with Crippen LogP contribution in [0, 0.1) is 0 Å². The van der Waals surface area contributed by atoms with Crippen molar-refractivity contribution in [3.8, 4) is 0 Å². The first-order chi connectivity index (χ1) is 5.21. The molecule has 1 aliphatic rings. The fourth-order valence-electron chi connectivity index (χ4n) is 1.45. The summed E-state index contributed by atoms with van der Waals surface area (Å²) in [5.74, 6) is 0. The molecule has 1 rings (SSSR count). The number of nitrogens with two attached hydrogens (primary N) is 1. The molecule has 0 aromatic carbocycles. The van der Waals surface area contributed by atoms with Crippen molar-refractivity contribution in [1.29, 1.82) is 0 Å². The monoisotopic (exact) mass is 173 g/mol. The molecule has 0 amide bonds. The molecule has 1 atom stereocenters. The molecule has 3 heteroatoms. The van der Waals surface area contributed by atoms with Crippen molar-refractivity contribution in [1.82, 2.24) is 0 Å². The fourth-order valence-corrected chi connectivity index (χ4v) is 2.48. The number of hydrogen-bond donors (Lipinski definition) is 1. The van der Waals surface area contributed by atoms with E-state index < -0.39 is 0 Å². The Bertz CT molecular complexity index is 152. The van der Waals surface area contributed by atoms with Gasteiger partial charge in [0.05, 0.1) is 0 Å². The van der Waals surface area contributed by atoms with Crippen LogP contribution < -0.4 is 5.73 Å². The average Bonchev–Trinajstić information content (AvgIpc) is 2.05. The smallest absolute Gasteiger partial charge is 0.0478 e. The van der Waals surface area contributed by atoms with Gasteiger partial charge in [0.25, 0.3) is 0 Å². The molecule has 0 spiro atoms. The van der Waals surface area contributed by atoms with E-state index in [0.29, 0.717) is 0 Å². The molecule has 0 aromatic rings. The third-order valence-corrected chi connectivity index (χ3v) is 4.22. The van der Waals surface area contributed by atoms with E-state index in [-0.39, 0.29) is 5.16 Å². The van der Waals surface area contributed by atoms with Gasteiger partial charge >= 0.3 is 0 Å². The van der Waals surface area contributed by atoms with Crippen molar-refractivity contribution in [3.05, 3.63) is 12.3 Å². The summed E-state index contributed by atoms with van der Waals surface area (Å²) in [7, 11) is 0.853. The van der Waals surface area contributed by atoms with Gasteiger partial charge in [-0.25, -0.2) is 0 Å². The zero-order valence-corrected chi connectivity index (χ0v) is 8.02. The van der Waals surface area contributed by atoms with E-state index in [2.05, 4.69) is 13.2 Å². The first-order valence-corrected chi connectivity index (χ1v) is 5.43. The Kier molecular flexibility index (Phi) is 2.91. The van der Waals surface area contributed by atoms with Crippen LogP contribution in [-0.4, -0.2) is 25.0 Å². The Morgan fingerprint density at radius 2 is 2.09 bits per heavy atom. The van der Waals surface area contributed by atoms with Crippen molar-refractivity contribution in [3.63, 3.8) is 0 Å². The van der Waals surface area contributed by atoms with Crippen molar-refractivity contribution in [2.75, 3.05) is 19.9 Å². The summed E-state index contributed by atoms with van der Waals surface area (Å²) < 4.78 is 5.28. The molecule has 0 bridgehead atoms. The van der Waals surface area contributed by atoms with E-state index in [4.69, 9.17) is 10.5 Å². The molecule has 1 heterocycles. The maximum absolute atomic E-state index is 5.77. The minimum absolute atomic E-state index is 0.207. The molecular weight excluding hydrogens is 157 g/mol. The van der Waals surface area contributed by atoms with E-state index in [1.54, 1.807) is 0 Å². The van der Waals surface area contributed by atoms with Gasteiger partial charge in [0, 0.05) is 24.1 Å². The van der Waals surface area contributed by atoms with Crippen LogP contribution in [0.1, 0.15) is 12.8 Å². The van der Waals surface area contributed by atoms with Gasteiger partial charge in [-0.1, -0.05) is 6.58 Å². The van der Waals surface area contributed by atoms with E-state index >= 15 is 0 Å². The predicted molar refractivity (Wildman–Crippen MR) is 50.4 cm³/mol. The minimum atomic E-state index is 0.207. The summed E-state index contributed by atoms with van der Waals surface area (Å²) in [6.45, 7) is 7.74. The van der Waals surface area contributed by atoms with Crippen molar-refractivity contribution >= 4 is 8.58 Å². The lowest BCUT2D eigenvalue weighted by atomic mass is 9.96. The molecule has 1 fully saturated rings. The second-order valence-electron chi connectivity index (χ2n) is 2.97. The third kappa shape index (κ3) is 1.74. The van der Waals surface area contributed by atoms with Crippen LogP contribution in [0.25, 0.3) is 0 Å². The maximum Gasteiger partial charge on any atom is 0.0478 e. The Labute approximate surface area is 70.0 Å². The molecule has 0 aliphatic carbocycles. The summed E-state index contributed by atoms with van der Waals surface area (Å²) >= 11 is 0. The van der Waals surface area contributed by atoms with Crippen molar-refractivity contribution in [2.24, 2.45) is 5.73 Å². The van der Waals surface area contributed by atoms with Crippen LogP contribution >= 0.6 is 8.58 Å². The lowest BCUT2D eigenvalue weighted by molar-refractivity contribution is 0.0840. The first-order valence-electron chi connectivity index (χ1n) is 3.93. The molecular formula is C8H16NOP. The Hall–Kier alpha value is -0.0700. The Morgan fingerprint density at radius 1 is 1.55 bits per heavy atom. The highest BCUT2D eigenvalue weighted by Gasteiger charge is 2.32. The standard InChI is InChI=1S/C8H16NOP/c1-7(9)8(11-2)3-5-10-6-4-8/h11H,1,3-6,9H2,2H3. The lowest BCUT2D eigenvalue weighted by Gasteiger charge is -2.36. The van der Waals surface area contributed by atoms with Crippen LogP contribution in [-0.2, 0) is 4.74 Å². The molecule has 2 nitrogen and oxygen atoms in total. The molecule has 1 unspecified atom stereocenters. The third-order valence-electron chi connectivity index (χ3n) is 2.44. The molecule has 1 aliphatic heterocycles. The first kappa shape index (κ1) is 9.02. The second-order valence-corrected chi connectivity index (χ2v) is 4.43. The van der Waals surface area contributed by atoms with Crippen LogP contribution in [0.3, 0.4) is 0 Å². The normalized spacial score (nSPS) is 24.1. The van der Waals surface area contributed by atoms with E-state index in [1.165, 1.54) is 0 Å². The minimum Gasteiger partial charge on any atom is -0.402 e. The van der Waals surface area contributed by atoms with Gasteiger partial charge in [0.2, 0.25) is 0 Å². The van der Waals surface area contributed by atoms with E-state index in [1.807, 2.05) is 0 Å². The number of ether oxygens (including phenoxy) is 1. The van der Waals surface area contributed by atoms with E-state index in [9.17, 15) is 0 Å². The topological polar surface area (TPSA) is 35.2 Å². The lowest BCUT2D eigenvalue weighted by Crippen LogP contribution is -2.36. The molecule has 0 radical (unpaired) electrons. The van der Waals surface area contributed by atoms with Crippen LogP contribution in [0.2, 0.25) is 0 Å². The molecule has 2 N–H and O–H groups in total. The van der Waals surface area contributed by atoms with Gasteiger partial charge in [-0.05, 0) is 19.5 Å². The number of hydrogen-bond acceptors (Lipinski definition) is 2. The zero-order valence-electron chi connectivity index (χ0n) is 7.02. The van der Waals surface area contributed by atoms with Gasteiger partial charge in [-0.3, -0.25) is 0 Å². The van der Waals surface area contributed by atoms with Gasteiger partial charge in [0.15, 0.2) is 0 Å². The number of rotatable bonds is 2. The molecule has 64 valence electrons. The van der Waals surface area contributed by atoms with E-state index in [0.717, 1.165) is 40.3 Å². The molecule has 11 heavy (non-hydrogen) atoms. The summed E-state index contributed by atoms with van der Waals surface area (Å²) in [4.78, 5) is 0. The van der Waals surface area contributed by atoms with Crippen LogP contribution in [0.5, 0.6) is 0 Å². The van der Waals surface area contributed by atoms with Crippen molar-refractivity contribution < 1.29 is 4.74 Å². The summed E-state index contributed by atoms with van der Waals surface area (Å²) in [5, 5.41) is 0.207. The summed E-state index contributed by atoms with van der Waals surface area (Å²) in [6.07, 6.45) is 2.11. The Morgan fingerprint density at radius 3 is 2.36 bits per heavy atom. The molecule has 1 saturated heterocycles. The summed E-state index contributed by atoms with van der Waals surface area (Å²) in [6, 6.07) is 0. The molecule has 0 saturated carbocycles. The van der Waals surface area contributed by atoms with Gasteiger partial charge < -0.3 is 10.5 Å². The van der Waals surface area contributed by atoms with Gasteiger partial charge in [-0.2, -0.15) is 0 Å². The maximum atomic E-state index is 5.77. The van der Waals surface area contributed by atoms with Gasteiger partial charge in [-0.15, -0.1) is 8.58 Å². The van der Waals surface area contributed by atoms with Crippen LogP contribution in [0.15, 0.2) is 12.3 Å². The quantitative estimate of drug-likeness (QED) is 0.639. The zero-order chi connectivity index (χ0) is 8.32. The van der Waals surface area contributed by atoms with Crippen molar-refractivity contribution in [2.45, 2.75) is 18.0 Å². The predicted octanol–water partition coefficient (Wildman–Crippen LogP) is 1.32. The highest BCUT2D eigenvalue weighted by molar-refractivity contribution is 7.39. The Balaban J connectivity index is 2.64. The molecule has 0 aromatic heterocycles. The summed E-state index contributed by atoms with van der Waals surface area (Å²) in [5.41, 5.74) is 6.62. The SMILES string of the molecule is C=C(N)C1(PC)CCOCC1. The average molecular weight is 173 g/mol. The second kappa shape index (κ2) is 3.55. The highest BCUT2D eigenvalue weighted by Crippen LogP contribution is 2.41. The highest BCUT2D eigenvalue weighted by atomic mass is 31.1. The fraction of sp³-hybridized carbons (Fsp3) is 0.750. The largest absolute Gasteiger partial charge is 0.402 e. The number of allylic oxidation sites excluding steroid dienone is 1.